The van der Waals surface area contributed by atoms with Crippen LogP contribution in [0.25, 0.3) is 0 Å². The highest BCUT2D eigenvalue weighted by Crippen LogP contribution is 2.26. The van der Waals surface area contributed by atoms with Gasteiger partial charge in [0.25, 0.3) is 0 Å². The Hall–Kier alpha value is -1.82. The fourth-order valence-electron chi connectivity index (χ4n) is 2.26. The summed E-state index contributed by atoms with van der Waals surface area (Å²) in [6.45, 7) is 0. The van der Waals surface area contributed by atoms with E-state index in [9.17, 15) is 4.79 Å². The van der Waals surface area contributed by atoms with Crippen LogP contribution in [-0.4, -0.2) is 10.9 Å². The first-order valence-electron chi connectivity index (χ1n) is 6.04. The Balaban J connectivity index is 2.13. The minimum Gasteiger partial charge on any atom is -0.273 e. The molecule has 1 amide bonds. The van der Waals surface area contributed by atoms with Crippen LogP contribution in [0.2, 0.25) is 0 Å². The van der Waals surface area contributed by atoms with Gasteiger partial charge in [-0.3, -0.25) is 4.79 Å². The topological polar surface area (TPSA) is 33.2 Å². The van der Waals surface area contributed by atoms with Gasteiger partial charge in [-0.05, 0) is 25.0 Å². The molecular formula is C14H16N2O. The number of carbonyl (C=O) groups excluding carboxylic acids is 1. The van der Waals surface area contributed by atoms with E-state index in [-0.39, 0.29) is 11.8 Å². The number of amides is 1. The lowest BCUT2D eigenvalue weighted by atomic mass is 9.88. The molecule has 1 aliphatic carbocycles. The quantitative estimate of drug-likeness (QED) is 0.576. The number of nitrogens with zero attached hydrogens (tertiary/aromatic N) is 2. The summed E-state index contributed by atoms with van der Waals surface area (Å²) in [6, 6.07) is 7.84. The van der Waals surface area contributed by atoms with E-state index in [2.05, 4.69) is 11.0 Å². The Morgan fingerprint density at radius 2 is 2.12 bits per heavy atom. The lowest BCUT2D eigenvalue weighted by molar-refractivity contribution is -0.122. The summed E-state index contributed by atoms with van der Waals surface area (Å²) in [7, 11) is 0. The van der Waals surface area contributed by atoms with Gasteiger partial charge in [0, 0.05) is 18.2 Å². The molecule has 3 nitrogen and oxygen atoms in total. The van der Waals surface area contributed by atoms with Gasteiger partial charge in [-0.2, -0.15) is 0 Å². The summed E-state index contributed by atoms with van der Waals surface area (Å²) in [5.74, 6) is 0.637. The zero-order valence-corrected chi connectivity index (χ0v) is 9.80. The van der Waals surface area contributed by atoms with Crippen LogP contribution in [0.15, 0.2) is 24.4 Å². The van der Waals surface area contributed by atoms with Crippen molar-refractivity contribution in [1.82, 2.24) is 4.98 Å². The second-order valence-corrected chi connectivity index (χ2v) is 4.33. The zero-order valence-electron chi connectivity index (χ0n) is 9.80. The molecule has 88 valence electrons. The third-order valence-corrected chi connectivity index (χ3v) is 3.18. The molecule has 1 aromatic rings. The number of hydrogen-bond donors (Lipinski definition) is 0. The van der Waals surface area contributed by atoms with Crippen LogP contribution in [0.5, 0.6) is 0 Å². The molecule has 1 aliphatic rings. The Morgan fingerprint density at radius 3 is 2.71 bits per heavy atom. The largest absolute Gasteiger partial charge is 0.273 e. The van der Waals surface area contributed by atoms with Gasteiger partial charge in [0.1, 0.15) is 5.82 Å². The first-order chi connectivity index (χ1) is 8.33. The molecule has 3 heteroatoms. The Kier molecular flexibility index (Phi) is 3.77. The van der Waals surface area contributed by atoms with Crippen molar-refractivity contribution in [2.24, 2.45) is 5.92 Å². The first-order valence-corrected chi connectivity index (χ1v) is 6.04. The van der Waals surface area contributed by atoms with Gasteiger partial charge < -0.3 is 0 Å². The monoisotopic (exact) mass is 228 g/mol. The molecule has 0 radical (unpaired) electrons. The zero-order chi connectivity index (χ0) is 12.1. The number of terminal acetylenes is 1. The highest BCUT2D eigenvalue weighted by molar-refractivity contribution is 5.97. The Bertz CT molecular complexity index is 416. The summed E-state index contributed by atoms with van der Waals surface area (Å²) >= 11 is 0. The highest BCUT2D eigenvalue weighted by atomic mass is 16.2. The predicted octanol–water partition coefficient (Wildman–Crippen LogP) is 2.59. The minimum absolute atomic E-state index is 0.0194. The number of carbonyl (C=O) groups is 1. The van der Waals surface area contributed by atoms with E-state index in [1.807, 2.05) is 12.1 Å². The van der Waals surface area contributed by atoms with Gasteiger partial charge in [-0.1, -0.05) is 31.8 Å². The molecule has 0 N–H and O–H groups in total. The van der Waals surface area contributed by atoms with Crippen LogP contribution >= 0.6 is 0 Å². The minimum atomic E-state index is 0.0194. The molecular weight excluding hydrogens is 212 g/mol. The van der Waals surface area contributed by atoms with Crippen LogP contribution in [0.4, 0.5) is 5.82 Å². The average molecular weight is 228 g/mol. The van der Waals surface area contributed by atoms with Gasteiger partial charge in [0.05, 0.1) is 0 Å². The lowest BCUT2D eigenvalue weighted by Crippen LogP contribution is -2.34. The molecule has 0 aliphatic heterocycles. The number of rotatable bonds is 2. The van der Waals surface area contributed by atoms with E-state index in [0.29, 0.717) is 5.82 Å². The van der Waals surface area contributed by atoms with Crippen LogP contribution in [0.3, 0.4) is 0 Å². The van der Waals surface area contributed by atoms with E-state index in [1.165, 1.54) is 11.3 Å². The molecule has 0 spiro atoms. The number of pyridine rings is 1. The second kappa shape index (κ2) is 5.49. The molecule has 0 unspecified atom stereocenters. The Labute approximate surface area is 102 Å². The van der Waals surface area contributed by atoms with Crippen molar-refractivity contribution in [2.75, 3.05) is 4.90 Å². The number of anilines is 1. The fraction of sp³-hybridized carbons (Fsp3) is 0.429. The maximum absolute atomic E-state index is 12.3. The van der Waals surface area contributed by atoms with Crippen LogP contribution in [0.1, 0.15) is 32.1 Å². The molecule has 0 bridgehead atoms. The van der Waals surface area contributed by atoms with Gasteiger partial charge in [-0.15, -0.1) is 0 Å². The lowest BCUT2D eigenvalue weighted by Gasteiger charge is -2.24. The smallest absolute Gasteiger partial charge is 0.243 e. The van der Waals surface area contributed by atoms with E-state index in [1.54, 1.807) is 12.3 Å². The summed E-state index contributed by atoms with van der Waals surface area (Å²) in [5.41, 5.74) is 0. The van der Waals surface area contributed by atoms with Crippen LogP contribution in [-0.2, 0) is 4.79 Å². The van der Waals surface area contributed by atoms with Gasteiger partial charge in [0.15, 0.2) is 0 Å². The number of hydrogen-bond acceptors (Lipinski definition) is 2. The molecule has 0 saturated heterocycles. The standard InChI is InChI=1S/C14H16N2O/c1-2-16(13-10-6-7-11-15-13)14(17)12-8-4-3-5-9-12/h1,6-7,10-12H,3-5,8-9H2. The SMILES string of the molecule is C#CN(C(=O)C1CCCCC1)c1ccccn1. The summed E-state index contributed by atoms with van der Waals surface area (Å²) in [5, 5.41) is 0. The van der Waals surface area contributed by atoms with Crippen molar-refractivity contribution in [1.29, 1.82) is 0 Å². The van der Waals surface area contributed by atoms with Crippen LogP contribution < -0.4 is 4.90 Å². The average Bonchev–Trinajstić information content (AvgIpc) is 2.42. The van der Waals surface area contributed by atoms with Gasteiger partial charge >= 0.3 is 0 Å². The molecule has 17 heavy (non-hydrogen) atoms. The molecule has 1 fully saturated rings. The number of aromatic nitrogens is 1. The molecule has 0 aromatic carbocycles. The van der Waals surface area contributed by atoms with E-state index in [0.717, 1.165) is 25.7 Å². The van der Waals surface area contributed by atoms with Crippen molar-refractivity contribution in [2.45, 2.75) is 32.1 Å². The maximum Gasteiger partial charge on any atom is 0.243 e. The van der Waals surface area contributed by atoms with Crippen molar-refractivity contribution >= 4 is 11.7 Å². The molecule has 1 aromatic heterocycles. The molecule has 1 saturated carbocycles. The van der Waals surface area contributed by atoms with Crippen LogP contribution in [0, 0.1) is 18.4 Å². The van der Waals surface area contributed by atoms with Crippen molar-refractivity contribution in [3.05, 3.63) is 24.4 Å². The normalized spacial score (nSPS) is 16.2. The van der Waals surface area contributed by atoms with Gasteiger partial charge in [-0.25, -0.2) is 9.88 Å². The van der Waals surface area contributed by atoms with E-state index in [4.69, 9.17) is 6.42 Å². The van der Waals surface area contributed by atoms with Crippen molar-refractivity contribution in [3.63, 3.8) is 0 Å². The second-order valence-electron chi connectivity index (χ2n) is 4.33. The first kappa shape index (κ1) is 11.7. The third kappa shape index (κ3) is 2.65. The van der Waals surface area contributed by atoms with E-state index >= 15 is 0 Å². The highest BCUT2D eigenvalue weighted by Gasteiger charge is 2.26. The van der Waals surface area contributed by atoms with E-state index < -0.39 is 0 Å². The molecule has 0 atom stereocenters. The van der Waals surface area contributed by atoms with Gasteiger partial charge in [0.2, 0.25) is 5.91 Å². The predicted molar refractivity (Wildman–Crippen MR) is 67.1 cm³/mol. The van der Waals surface area contributed by atoms with Crippen molar-refractivity contribution < 1.29 is 4.79 Å². The summed E-state index contributed by atoms with van der Waals surface area (Å²) in [6.07, 6.45) is 12.4. The molecule has 2 rings (SSSR count). The Morgan fingerprint density at radius 1 is 1.35 bits per heavy atom. The summed E-state index contributed by atoms with van der Waals surface area (Å²) < 4.78 is 0. The maximum atomic E-state index is 12.3. The molecule has 1 heterocycles. The third-order valence-electron chi connectivity index (χ3n) is 3.18. The summed E-state index contributed by atoms with van der Waals surface area (Å²) in [4.78, 5) is 17.7. The fourth-order valence-corrected chi connectivity index (χ4v) is 2.26. The van der Waals surface area contributed by atoms with Crippen molar-refractivity contribution in [3.8, 4) is 12.5 Å².